The lowest BCUT2D eigenvalue weighted by Gasteiger charge is -2.35. The predicted molar refractivity (Wildman–Crippen MR) is 126 cm³/mol. The lowest BCUT2D eigenvalue weighted by atomic mass is 10.0. The van der Waals surface area contributed by atoms with Crippen LogP contribution in [0.3, 0.4) is 0 Å². The second-order valence-corrected chi connectivity index (χ2v) is 8.20. The first-order valence-corrected chi connectivity index (χ1v) is 11.4. The van der Waals surface area contributed by atoms with E-state index in [0.29, 0.717) is 37.6 Å². The molecule has 1 aliphatic heterocycles. The summed E-state index contributed by atoms with van der Waals surface area (Å²) >= 11 is -2.14. The summed E-state index contributed by atoms with van der Waals surface area (Å²) in [6.45, 7) is 6.21. The third-order valence-electron chi connectivity index (χ3n) is 5.52. The molecule has 1 unspecified atom stereocenters. The topological polar surface area (TPSA) is 121 Å². The smallest absolute Gasteiger partial charge is 0.246 e. The SMILES string of the molecule is C=CC(=O)N1CCN(c2ncnc3ccc(-c4cnc(OC)c(CNS(=O)O)c4)cc23)CC1. The number of fused-ring (bicyclic) bond motifs is 1. The van der Waals surface area contributed by atoms with Crippen molar-refractivity contribution in [1.29, 1.82) is 0 Å². The summed E-state index contributed by atoms with van der Waals surface area (Å²) in [7, 11) is 1.50. The van der Waals surface area contributed by atoms with Gasteiger partial charge < -0.3 is 14.5 Å². The Balaban J connectivity index is 1.66. The van der Waals surface area contributed by atoms with Gasteiger partial charge in [-0.15, -0.1) is 0 Å². The number of ether oxygens (including phenoxy) is 1. The average Bonchev–Trinajstić information content (AvgIpc) is 2.86. The Hall–Kier alpha value is -3.41. The number of carbonyl (C=O) groups excluding carboxylic acids is 1. The van der Waals surface area contributed by atoms with E-state index < -0.39 is 11.3 Å². The quantitative estimate of drug-likeness (QED) is 0.398. The van der Waals surface area contributed by atoms with Crippen molar-refractivity contribution < 1.29 is 18.3 Å². The molecule has 3 aromatic rings. The van der Waals surface area contributed by atoms with Gasteiger partial charge in [-0.3, -0.25) is 9.35 Å². The second kappa shape index (κ2) is 10.0. The van der Waals surface area contributed by atoms with Crippen LogP contribution in [0, 0.1) is 0 Å². The molecule has 1 aromatic carbocycles. The zero-order valence-corrected chi connectivity index (χ0v) is 18.9. The number of methoxy groups -OCH3 is 1. The molecule has 10 nitrogen and oxygen atoms in total. The standard InChI is InChI=1S/C22H24N6O4S/c1-3-20(29)27-6-8-28(9-7-27)21-18-11-15(4-5-19(18)24-14-25-21)16-10-17(13-26-33(30)31)22(32-2)23-12-16/h3-5,10-12,14,26H,1,6-9,13H2,2H3,(H,30,31). The third-order valence-corrected chi connectivity index (χ3v) is 5.91. The Morgan fingerprint density at radius 3 is 2.70 bits per heavy atom. The summed E-state index contributed by atoms with van der Waals surface area (Å²) in [5, 5.41) is 0.894. The number of carbonyl (C=O) groups is 1. The maximum atomic E-state index is 11.9. The number of hydrogen-bond acceptors (Lipinski definition) is 7. The van der Waals surface area contributed by atoms with E-state index in [9.17, 15) is 9.00 Å². The first-order chi connectivity index (χ1) is 16.0. The summed E-state index contributed by atoms with van der Waals surface area (Å²) < 4.78 is 27.8. The minimum atomic E-state index is -2.14. The van der Waals surface area contributed by atoms with Crippen molar-refractivity contribution in [1.82, 2.24) is 24.6 Å². The van der Waals surface area contributed by atoms with Crippen LogP contribution in [0.5, 0.6) is 5.88 Å². The highest BCUT2D eigenvalue weighted by Gasteiger charge is 2.22. The molecule has 1 fully saturated rings. The van der Waals surface area contributed by atoms with Gasteiger partial charge in [0, 0.05) is 55.4 Å². The van der Waals surface area contributed by atoms with Gasteiger partial charge in [0.1, 0.15) is 12.1 Å². The van der Waals surface area contributed by atoms with Crippen LogP contribution in [-0.4, -0.2) is 67.8 Å². The van der Waals surface area contributed by atoms with Gasteiger partial charge in [0.15, 0.2) is 0 Å². The van der Waals surface area contributed by atoms with Crippen molar-refractivity contribution in [2.24, 2.45) is 0 Å². The number of aromatic nitrogens is 3. The first-order valence-electron chi connectivity index (χ1n) is 10.3. The molecule has 4 rings (SSSR count). The highest BCUT2D eigenvalue weighted by Crippen LogP contribution is 2.30. The Kier molecular flexibility index (Phi) is 6.92. The molecule has 0 saturated carbocycles. The van der Waals surface area contributed by atoms with Crippen LogP contribution in [-0.2, 0) is 22.6 Å². The van der Waals surface area contributed by atoms with Crippen LogP contribution < -0.4 is 14.4 Å². The number of hydrogen-bond donors (Lipinski definition) is 2. The highest BCUT2D eigenvalue weighted by molar-refractivity contribution is 7.77. The van der Waals surface area contributed by atoms with E-state index in [4.69, 9.17) is 9.29 Å². The van der Waals surface area contributed by atoms with Crippen LogP contribution in [0.15, 0.2) is 49.4 Å². The predicted octanol–water partition coefficient (Wildman–Crippen LogP) is 1.76. The lowest BCUT2D eigenvalue weighted by Crippen LogP contribution is -2.48. The van der Waals surface area contributed by atoms with E-state index in [1.54, 1.807) is 17.4 Å². The van der Waals surface area contributed by atoms with Crippen LogP contribution in [0.1, 0.15) is 5.56 Å². The van der Waals surface area contributed by atoms with Crippen LogP contribution >= 0.6 is 0 Å². The number of nitrogens with zero attached hydrogens (tertiary/aromatic N) is 5. The van der Waals surface area contributed by atoms with E-state index in [0.717, 1.165) is 27.8 Å². The van der Waals surface area contributed by atoms with Gasteiger partial charge in [-0.2, -0.15) is 0 Å². The molecular weight excluding hydrogens is 444 g/mol. The summed E-state index contributed by atoms with van der Waals surface area (Å²) in [5.74, 6) is 1.13. The average molecular weight is 469 g/mol. The molecular formula is C22H24N6O4S. The Morgan fingerprint density at radius 2 is 2.00 bits per heavy atom. The number of amides is 1. The third kappa shape index (κ3) is 5.00. The molecule has 3 heterocycles. The molecule has 1 amide bonds. The zero-order valence-electron chi connectivity index (χ0n) is 18.1. The van der Waals surface area contributed by atoms with E-state index >= 15 is 0 Å². The van der Waals surface area contributed by atoms with Crippen LogP contribution in [0.2, 0.25) is 0 Å². The molecule has 1 aliphatic rings. The molecule has 172 valence electrons. The van der Waals surface area contributed by atoms with E-state index in [1.165, 1.54) is 13.2 Å². The van der Waals surface area contributed by atoms with Gasteiger partial charge in [0.25, 0.3) is 0 Å². The number of piperazine rings is 1. The van der Waals surface area contributed by atoms with Gasteiger partial charge in [0.05, 0.1) is 12.6 Å². The summed E-state index contributed by atoms with van der Waals surface area (Å²) in [5.41, 5.74) is 3.20. The van der Waals surface area contributed by atoms with Gasteiger partial charge in [-0.1, -0.05) is 12.6 Å². The maximum absolute atomic E-state index is 11.9. The molecule has 0 aliphatic carbocycles. The van der Waals surface area contributed by atoms with Gasteiger partial charge in [-0.05, 0) is 29.8 Å². The molecule has 1 saturated heterocycles. The van der Waals surface area contributed by atoms with Gasteiger partial charge in [0.2, 0.25) is 23.1 Å². The van der Waals surface area contributed by atoms with E-state index in [-0.39, 0.29) is 12.5 Å². The minimum Gasteiger partial charge on any atom is -0.481 e. The molecule has 0 bridgehead atoms. The Labute approximate surface area is 193 Å². The Bertz CT molecular complexity index is 1210. The lowest BCUT2D eigenvalue weighted by molar-refractivity contribution is -0.126. The number of anilines is 1. The minimum absolute atomic E-state index is 0.0631. The van der Waals surface area contributed by atoms with Gasteiger partial charge in [-0.25, -0.2) is 23.9 Å². The summed E-state index contributed by atoms with van der Waals surface area (Å²) in [6.07, 6.45) is 4.59. The van der Waals surface area contributed by atoms with Crippen LogP contribution in [0.4, 0.5) is 5.82 Å². The fourth-order valence-corrected chi connectivity index (χ4v) is 4.13. The zero-order chi connectivity index (χ0) is 23.4. The summed E-state index contributed by atoms with van der Waals surface area (Å²) in [6, 6.07) is 7.76. The fraction of sp³-hybridized carbons (Fsp3) is 0.273. The molecule has 11 heteroatoms. The second-order valence-electron chi connectivity index (χ2n) is 7.41. The maximum Gasteiger partial charge on any atom is 0.246 e. The number of rotatable bonds is 7. The molecule has 0 radical (unpaired) electrons. The normalized spacial score (nSPS) is 14.8. The molecule has 2 N–H and O–H groups in total. The summed E-state index contributed by atoms with van der Waals surface area (Å²) in [4.78, 5) is 29.1. The monoisotopic (exact) mass is 468 g/mol. The van der Waals surface area contributed by atoms with Crippen molar-refractivity contribution in [3.8, 4) is 17.0 Å². The molecule has 0 spiro atoms. The number of nitrogens with one attached hydrogen (secondary N) is 1. The largest absolute Gasteiger partial charge is 0.481 e. The van der Waals surface area contributed by atoms with E-state index in [1.807, 2.05) is 24.3 Å². The van der Waals surface area contributed by atoms with Crippen molar-refractivity contribution in [3.63, 3.8) is 0 Å². The van der Waals surface area contributed by atoms with E-state index in [2.05, 4.69) is 31.2 Å². The van der Waals surface area contributed by atoms with Crippen molar-refractivity contribution >= 4 is 33.9 Å². The number of benzene rings is 1. The van der Waals surface area contributed by atoms with Crippen molar-refractivity contribution in [3.05, 3.63) is 55.0 Å². The first kappa shape index (κ1) is 22.8. The molecule has 33 heavy (non-hydrogen) atoms. The van der Waals surface area contributed by atoms with Crippen LogP contribution in [0.25, 0.3) is 22.0 Å². The number of pyridine rings is 1. The highest BCUT2D eigenvalue weighted by atomic mass is 32.2. The molecule has 2 aromatic heterocycles. The van der Waals surface area contributed by atoms with Crippen molar-refractivity contribution in [2.75, 3.05) is 38.2 Å². The molecule has 1 atom stereocenters. The Morgan fingerprint density at radius 1 is 1.21 bits per heavy atom. The van der Waals surface area contributed by atoms with Crippen molar-refractivity contribution in [2.45, 2.75) is 6.54 Å². The van der Waals surface area contributed by atoms with Gasteiger partial charge >= 0.3 is 0 Å². The fourth-order valence-electron chi connectivity index (χ4n) is 3.85.